The second kappa shape index (κ2) is 5.11. The molecule has 0 aliphatic rings. The number of hydrogen-bond donors (Lipinski definition) is 1. The Morgan fingerprint density at radius 3 is 2.86 bits per heavy atom. The van der Waals surface area contributed by atoms with Gasteiger partial charge in [-0.15, -0.1) is 0 Å². The molecule has 2 heterocycles. The van der Waals surface area contributed by atoms with E-state index in [9.17, 15) is 4.39 Å². The number of nitrogens with zero attached hydrogens (tertiary/aromatic N) is 3. The molecule has 1 N–H and O–H groups in total. The number of aromatic nitrogens is 4. The van der Waals surface area contributed by atoms with Crippen LogP contribution in [0.25, 0.3) is 11.2 Å². The van der Waals surface area contributed by atoms with Gasteiger partial charge >= 0.3 is 0 Å². The zero-order chi connectivity index (χ0) is 15.1. The van der Waals surface area contributed by atoms with Crippen LogP contribution in [0.4, 0.5) is 4.39 Å². The molecule has 0 aliphatic heterocycles. The van der Waals surface area contributed by atoms with Crippen molar-refractivity contribution < 1.29 is 4.39 Å². The van der Waals surface area contributed by atoms with Crippen LogP contribution in [0.3, 0.4) is 0 Å². The molecule has 2 aromatic heterocycles. The standard InChI is InChI=1S/C15H17FN4S/c1-4-19-14-13(9(2)18-19)17-15(21)20(14)10(3)11-6-5-7-12(16)8-11/h5-8,10H,4H2,1-3H3,(H,17,21). The van der Waals surface area contributed by atoms with Crippen molar-refractivity contribution in [2.24, 2.45) is 0 Å². The van der Waals surface area contributed by atoms with Crippen molar-refractivity contribution in [1.29, 1.82) is 0 Å². The lowest BCUT2D eigenvalue weighted by Crippen LogP contribution is -2.11. The first-order valence-electron chi connectivity index (χ1n) is 6.96. The summed E-state index contributed by atoms with van der Waals surface area (Å²) in [6.45, 7) is 6.77. The molecule has 0 saturated carbocycles. The highest BCUT2D eigenvalue weighted by Crippen LogP contribution is 2.26. The molecular weight excluding hydrogens is 287 g/mol. The van der Waals surface area contributed by atoms with E-state index in [1.165, 1.54) is 6.07 Å². The second-order valence-electron chi connectivity index (χ2n) is 5.13. The Kier molecular flexibility index (Phi) is 3.41. The number of H-pyrrole nitrogens is 1. The zero-order valence-corrected chi connectivity index (χ0v) is 13.0. The van der Waals surface area contributed by atoms with E-state index in [4.69, 9.17) is 12.2 Å². The topological polar surface area (TPSA) is 38.5 Å². The van der Waals surface area contributed by atoms with Crippen molar-refractivity contribution in [3.05, 3.63) is 46.1 Å². The molecule has 0 spiro atoms. The molecule has 0 aliphatic carbocycles. The maximum atomic E-state index is 13.5. The molecule has 3 aromatic rings. The SMILES string of the molecule is CCn1nc(C)c2[nH]c(=S)n(C(C)c3cccc(F)c3)c21. The van der Waals surface area contributed by atoms with E-state index in [0.29, 0.717) is 4.77 Å². The van der Waals surface area contributed by atoms with Gasteiger partial charge < -0.3 is 4.98 Å². The highest BCUT2D eigenvalue weighted by atomic mass is 32.1. The van der Waals surface area contributed by atoms with E-state index in [-0.39, 0.29) is 11.9 Å². The van der Waals surface area contributed by atoms with Crippen LogP contribution < -0.4 is 0 Å². The molecule has 1 unspecified atom stereocenters. The van der Waals surface area contributed by atoms with Crippen molar-refractivity contribution >= 4 is 23.4 Å². The molecule has 3 rings (SSSR count). The van der Waals surface area contributed by atoms with Gasteiger partial charge in [0, 0.05) is 6.54 Å². The minimum absolute atomic E-state index is 0.0663. The van der Waals surface area contributed by atoms with E-state index in [1.54, 1.807) is 12.1 Å². The molecule has 0 radical (unpaired) electrons. The maximum Gasteiger partial charge on any atom is 0.179 e. The molecule has 1 aromatic carbocycles. The van der Waals surface area contributed by atoms with Crippen LogP contribution >= 0.6 is 12.2 Å². The molecule has 0 bridgehead atoms. The number of halogens is 1. The van der Waals surface area contributed by atoms with Gasteiger partial charge in [-0.1, -0.05) is 12.1 Å². The number of benzene rings is 1. The summed E-state index contributed by atoms with van der Waals surface area (Å²) in [6.07, 6.45) is 0. The minimum atomic E-state index is -0.238. The molecule has 6 heteroatoms. The average Bonchev–Trinajstić information content (AvgIpc) is 2.95. The van der Waals surface area contributed by atoms with Crippen LogP contribution in [-0.4, -0.2) is 19.3 Å². The molecule has 4 nitrogen and oxygen atoms in total. The molecule has 1 atom stereocenters. The lowest BCUT2D eigenvalue weighted by molar-refractivity contribution is 0.585. The zero-order valence-electron chi connectivity index (χ0n) is 12.2. The van der Waals surface area contributed by atoms with Crippen molar-refractivity contribution in [2.45, 2.75) is 33.4 Å². The third-order valence-corrected chi connectivity index (χ3v) is 4.10. The van der Waals surface area contributed by atoms with Gasteiger partial charge in [0.25, 0.3) is 0 Å². The largest absolute Gasteiger partial charge is 0.328 e. The average molecular weight is 304 g/mol. The minimum Gasteiger partial charge on any atom is -0.328 e. The van der Waals surface area contributed by atoms with Crippen molar-refractivity contribution in [3.63, 3.8) is 0 Å². The van der Waals surface area contributed by atoms with E-state index in [0.717, 1.165) is 29.0 Å². The van der Waals surface area contributed by atoms with Gasteiger partial charge in [0.15, 0.2) is 10.4 Å². The molecule has 0 amide bonds. The Balaban J connectivity index is 2.24. The smallest absolute Gasteiger partial charge is 0.179 e. The van der Waals surface area contributed by atoms with E-state index >= 15 is 0 Å². The summed E-state index contributed by atoms with van der Waals surface area (Å²) < 4.78 is 18.0. The predicted octanol–water partition coefficient (Wildman–Crippen LogP) is 3.97. The summed E-state index contributed by atoms with van der Waals surface area (Å²) in [5.74, 6) is -0.238. The molecule has 21 heavy (non-hydrogen) atoms. The number of fused-ring (bicyclic) bond motifs is 1. The lowest BCUT2D eigenvalue weighted by Gasteiger charge is -2.15. The van der Waals surface area contributed by atoms with E-state index in [2.05, 4.69) is 10.1 Å². The van der Waals surface area contributed by atoms with Crippen LogP contribution in [0, 0.1) is 17.5 Å². The van der Waals surface area contributed by atoms with Crippen LogP contribution in [0.1, 0.15) is 31.1 Å². The number of nitrogens with one attached hydrogen (secondary N) is 1. The van der Waals surface area contributed by atoms with Gasteiger partial charge in [-0.2, -0.15) is 5.10 Å². The van der Waals surface area contributed by atoms with Crippen molar-refractivity contribution in [1.82, 2.24) is 19.3 Å². The van der Waals surface area contributed by atoms with Gasteiger partial charge in [-0.3, -0.25) is 4.57 Å². The Morgan fingerprint density at radius 2 is 2.19 bits per heavy atom. The van der Waals surface area contributed by atoms with E-state index in [1.807, 2.05) is 36.1 Å². The van der Waals surface area contributed by atoms with Gasteiger partial charge in [0.2, 0.25) is 0 Å². The molecule has 110 valence electrons. The fourth-order valence-electron chi connectivity index (χ4n) is 2.72. The number of aryl methyl sites for hydroxylation is 2. The highest BCUT2D eigenvalue weighted by Gasteiger charge is 2.19. The summed E-state index contributed by atoms with van der Waals surface area (Å²) in [4.78, 5) is 3.22. The Morgan fingerprint density at radius 1 is 1.43 bits per heavy atom. The van der Waals surface area contributed by atoms with Crippen LogP contribution in [-0.2, 0) is 6.54 Å². The summed E-state index contributed by atoms with van der Waals surface area (Å²) in [6, 6.07) is 6.56. The quantitative estimate of drug-likeness (QED) is 0.744. The number of imidazole rings is 1. The van der Waals surface area contributed by atoms with Crippen molar-refractivity contribution in [2.75, 3.05) is 0 Å². The second-order valence-corrected chi connectivity index (χ2v) is 5.52. The predicted molar refractivity (Wildman–Crippen MR) is 83.5 cm³/mol. The summed E-state index contributed by atoms with van der Waals surface area (Å²) in [5.41, 5.74) is 3.71. The van der Waals surface area contributed by atoms with E-state index < -0.39 is 0 Å². The Bertz CT molecular complexity index is 858. The van der Waals surface area contributed by atoms with Crippen molar-refractivity contribution in [3.8, 4) is 0 Å². The number of aromatic amines is 1. The Labute approximate surface area is 127 Å². The third kappa shape index (κ3) is 2.19. The summed E-state index contributed by atoms with van der Waals surface area (Å²) in [7, 11) is 0. The third-order valence-electron chi connectivity index (χ3n) is 3.80. The van der Waals surface area contributed by atoms with Crippen LogP contribution in [0.2, 0.25) is 0 Å². The van der Waals surface area contributed by atoms with Gasteiger partial charge in [-0.25, -0.2) is 9.07 Å². The van der Waals surface area contributed by atoms with Crippen LogP contribution in [0.5, 0.6) is 0 Å². The molecule has 0 fully saturated rings. The normalized spacial score (nSPS) is 13.0. The fraction of sp³-hybridized carbons (Fsp3) is 0.333. The monoisotopic (exact) mass is 304 g/mol. The first kappa shape index (κ1) is 14.0. The number of rotatable bonds is 3. The highest BCUT2D eigenvalue weighted by molar-refractivity contribution is 7.71. The first-order chi connectivity index (χ1) is 10.0. The maximum absolute atomic E-state index is 13.5. The van der Waals surface area contributed by atoms with Crippen LogP contribution in [0.15, 0.2) is 24.3 Å². The fourth-order valence-corrected chi connectivity index (χ4v) is 3.07. The van der Waals surface area contributed by atoms with Gasteiger partial charge in [-0.05, 0) is 50.7 Å². The summed E-state index contributed by atoms with van der Waals surface area (Å²) >= 11 is 5.46. The van der Waals surface area contributed by atoms with Gasteiger partial charge in [0.05, 0.1) is 11.7 Å². The Hall–Kier alpha value is -1.95. The number of hydrogen-bond acceptors (Lipinski definition) is 2. The van der Waals surface area contributed by atoms with Gasteiger partial charge in [0.1, 0.15) is 11.3 Å². The molecular formula is C15H17FN4S. The summed E-state index contributed by atoms with van der Waals surface area (Å²) in [5, 5.41) is 4.51. The molecule has 0 saturated heterocycles. The first-order valence-corrected chi connectivity index (χ1v) is 7.36. The lowest BCUT2D eigenvalue weighted by atomic mass is 10.1.